The van der Waals surface area contributed by atoms with Crippen molar-refractivity contribution in [2.24, 2.45) is 5.41 Å². The second kappa shape index (κ2) is 2.26. The normalized spacial score (nSPS) is 24.2. The Balaban J connectivity index is 2.65. The third-order valence-corrected chi connectivity index (χ3v) is 3.23. The zero-order valence-corrected chi connectivity index (χ0v) is 7.72. The number of ketones is 1. The molecule has 0 N–H and O–H groups in total. The Morgan fingerprint density at radius 1 is 1.40 bits per heavy atom. The lowest BCUT2D eigenvalue weighted by atomic mass is 9.70. The summed E-state index contributed by atoms with van der Waals surface area (Å²) in [7, 11) is 0. The van der Waals surface area contributed by atoms with Gasteiger partial charge in [0.1, 0.15) is 5.78 Å². The number of carbonyl (C=O) groups excluding carboxylic acids is 1. The van der Waals surface area contributed by atoms with Crippen molar-refractivity contribution >= 4 is 40.6 Å². The summed E-state index contributed by atoms with van der Waals surface area (Å²) >= 11 is 16.9. The summed E-state index contributed by atoms with van der Waals surface area (Å²) in [5.41, 5.74) is -0.422. The molecule has 1 nitrogen and oxygen atoms in total. The van der Waals surface area contributed by atoms with Gasteiger partial charge in [0.05, 0.1) is 0 Å². The van der Waals surface area contributed by atoms with Gasteiger partial charge in [-0.15, -0.1) is 0 Å². The summed E-state index contributed by atoms with van der Waals surface area (Å²) in [6, 6.07) is 0. The molecule has 1 aliphatic carbocycles. The van der Waals surface area contributed by atoms with Gasteiger partial charge in [-0.2, -0.15) is 0 Å². The molecular formula is C6H7Cl3O. The fourth-order valence-corrected chi connectivity index (χ4v) is 1.42. The van der Waals surface area contributed by atoms with Crippen LogP contribution in [-0.4, -0.2) is 9.58 Å². The monoisotopic (exact) mass is 200 g/mol. The van der Waals surface area contributed by atoms with Gasteiger partial charge in [-0.25, -0.2) is 0 Å². The van der Waals surface area contributed by atoms with Crippen molar-refractivity contribution in [3.8, 4) is 0 Å². The lowest BCUT2D eigenvalue weighted by molar-refractivity contribution is -0.131. The number of hydrogen-bond donors (Lipinski definition) is 0. The standard InChI is InChI=1S/C6H7Cl3O/c1-5(6(7,8)9)2-4(10)3-5/h2-3H2,1H3. The van der Waals surface area contributed by atoms with E-state index in [2.05, 4.69) is 0 Å². The highest BCUT2D eigenvalue weighted by molar-refractivity contribution is 6.68. The molecule has 0 aromatic heterocycles. The molecule has 0 bridgehead atoms. The van der Waals surface area contributed by atoms with Gasteiger partial charge in [0, 0.05) is 18.3 Å². The van der Waals surface area contributed by atoms with Crippen LogP contribution < -0.4 is 0 Å². The first kappa shape index (κ1) is 8.63. The van der Waals surface area contributed by atoms with Crippen molar-refractivity contribution in [1.29, 1.82) is 0 Å². The van der Waals surface area contributed by atoms with E-state index >= 15 is 0 Å². The largest absolute Gasteiger partial charge is 0.300 e. The fourth-order valence-electron chi connectivity index (χ4n) is 1.02. The number of halogens is 3. The van der Waals surface area contributed by atoms with Crippen LogP contribution in [0.15, 0.2) is 0 Å². The minimum absolute atomic E-state index is 0.175. The highest BCUT2D eigenvalue weighted by Gasteiger charge is 2.53. The molecule has 0 aromatic rings. The molecule has 4 heteroatoms. The van der Waals surface area contributed by atoms with E-state index < -0.39 is 9.21 Å². The second-order valence-corrected chi connectivity index (χ2v) is 5.23. The van der Waals surface area contributed by atoms with Crippen LogP contribution in [0.2, 0.25) is 0 Å². The SMILES string of the molecule is CC1(C(Cl)(Cl)Cl)CC(=O)C1. The van der Waals surface area contributed by atoms with E-state index in [-0.39, 0.29) is 5.78 Å². The maximum Gasteiger partial charge on any atom is 0.196 e. The first-order chi connectivity index (χ1) is 4.35. The summed E-state index contributed by atoms with van der Waals surface area (Å²) in [5, 5.41) is 0. The van der Waals surface area contributed by atoms with Gasteiger partial charge in [0.25, 0.3) is 0 Å². The summed E-state index contributed by atoms with van der Waals surface area (Å²) in [5.74, 6) is 0.175. The number of alkyl halides is 3. The molecule has 0 atom stereocenters. The summed E-state index contributed by atoms with van der Waals surface area (Å²) in [6.07, 6.45) is 0.785. The molecule has 58 valence electrons. The Labute approximate surface area is 74.6 Å². The quantitative estimate of drug-likeness (QED) is 0.551. The average Bonchev–Trinajstić information content (AvgIpc) is 1.58. The molecule has 0 heterocycles. The molecule has 1 aliphatic rings. The predicted octanol–water partition coefficient (Wildman–Crippen LogP) is 2.73. The van der Waals surface area contributed by atoms with Crippen LogP contribution >= 0.6 is 34.8 Å². The minimum atomic E-state index is -1.29. The molecule has 0 unspecified atom stereocenters. The van der Waals surface area contributed by atoms with E-state index in [1.54, 1.807) is 6.92 Å². The summed E-state index contributed by atoms with van der Waals surface area (Å²) in [4.78, 5) is 10.6. The average molecular weight is 201 g/mol. The van der Waals surface area contributed by atoms with Crippen molar-refractivity contribution in [3.05, 3.63) is 0 Å². The first-order valence-electron chi connectivity index (χ1n) is 2.94. The van der Waals surface area contributed by atoms with Crippen LogP contribution in [0.4, 0.5) is 0 Å². The van der Waals surface area contributed by atoms with E-state index in [4.69, 9.17) is 34.8 Å². The predicted molar refractivity (Wildman–Crippen MR) is 42.6 cm³/mol. The maximum absolute atomic E-state index is 10.6. The Kier molecular flexibility index (Phi) is 1.95. The maximum atomic E-state index is 10.6. The summed E-state index contributed by atoms with van der Waals surface area (Å²) < 4.78 is -1.29. The van der Waals surface area contributed by atoms with E-state index in [1.807, 2.05) is 0 Å². The second-order valence-electron chi connectivity index (χ2n) is 2.95. The van der Waals surface area contributed by atoms with Crippen molar-refractivity contribution < 1.29 is 4.79 Å². The first-order valence-corrected chi connectivity index (χ1v) is 4.07. The van der Waals surface area contributed by atoms with E-state index in [1.165, 1.54) is 0 Å². The van der Waals surface area contributed by atoms with Crippen molar-refractivity contribution in [2.45, 2.75) is 23.6 Å². The van der Waals surface area contributed by atoms with E-state index in [0.29, 0.717) is 12.8 Å². The smallest absolute Gasteiger partial charge is 0.196 e. The summed E-state index contributed by atoms with van der Waals surface area (Å²) in [6.45, 7) is 1.81. The van der Waals surface area contributed by atoms with Crippen LogP contribution in [0, 0.1) is 5.41 Å². The van der Waals surface area contributed by atoms with Crippen LogP contribution in [0.25, 0.3) is 0 Å². The van der Waals surface area contributed by atoms with E-state index in [9.17, 15) is 4.79 Å². The van der Waals surface area contributed by atoms with Crippen LogP contribution in [0.3, 0.4) is 0 Å². The highest BCUT2D eigenvalue weighted by atomic mass is 35.6. The molecular weight excluding hydrogens is 194 g/mol. The number of hydrogen-bond acceptors (Lipinski definition) is 1. The minimum Gasteiger partial charge on any atom is -0.300 e. The van der Waals surface area contributed by atoms with Crippen molar-refractivity contribution in [2.75, 3.05) is 0 Å². The zero-order valence-electron chi connectivity index (χ0n) is 5.46. The number of rotatable bonds is 0. The van der Waals surface area contributed by atoms with Gasteiger partial charge in [0.15, 0.2) is 3.79 Å². The molecule has 10 heavy (non-hydrogen) atoms. The van der Waals surface area contributed by atoms with Gasteiger partial charge in [-0.1, -0.05) is 41.7 Å². The van der Waals surface area contributed by atoms with Gasteiger partial charge >= 0.3 is 0 Å². The molecule has 0 aliphatic heterocycles. The lowest BCUT2D eigenvalue weighted by Crippen LogP contribution is -2.44. The van der Waals surface area contributed by atoms with Crippen LogP contribution in [0.1, 0.15) is 19.8 Å². The van der Waals surface area contributed by atoms with Crippen LogP contribution in [0.5, 0.6) is 0 Å². The Hall–Kier alpha value is 0.540. The Morgan fingerprint density at radius 3 is 1.90 bits per heavy atom. The number of carbonyl (C=O) groups is 1. The van der Waals surface area contributed by atoms with Gasteiger partial charge in [0.2, 0.25) is 0 Å². The number of Topliss-reactive ketones (excluding diaryl/α,β-unsaturated/α-hetero) is 1. The topological polar surface area (TPSA) is 17.1 Å². The zero-order chi connectivity index (χ0) is 7.99. The fraction of sp³-hybridized carbons (Fsp3) is 0.833. The third-order valence-electron chi connectivity index (χ3n) is 1.86. The van der Waals surface area contributed by atoms with Gasteiger partial charge in [-0.05, 0) is 0 Å². The lowest BCUT2D eigenvalue weighted by Gasteiger charge is -2.42. The Morgan fingerprint density at radius 2 is 1.80 bits per heavy atom. The van der Waals surface area contributed by atoms with Crippen LogP contribution in [-0.2, 0) is 4.79 Å². The van der Waals surface area contributed by atoms with Gasteiger partial charge < -0.3 is 0 Å². The molecule has 1 saturated carbocycles. The van der Waals surface area contributed by atoms with E-state index in [0.717, 1.165) is 0 Å². The molecule has 0 saturated heterocycles. The van der Waals surface area contributed by atoms with Crippen molar-refractivity contribution in [1.82, 2.24) is 0 Å². The molecule has 0 amide bonds. The third kappa shape index (κ3) is 1.27. The van der Waals surface area contributed by atoms with Crippen molar-refractivity contribution in [3.63, 3.8) is 0 Å². The molecule has 0 spiro atoms. The molecule has 0 radical (unpaired) electrons. The molecule has 1 fully saturated rings. The molecule has 0 aromatic carbocycles. The molecule has 1 rings (SSSR count). The highest BCUT2D eigenvalue weighted by Crippen LogP contribution is 2.54. The van der Waals surface area contributed by atoms with Gasteiger partial charge in [-0.3, -0.25) is 4.79 Å². The Bertz CT molecular complexity index is 162.